The van der Waals surface area contributed by atoms with Gasteiger partial charge in [0.25, 0.3) is 0 Å². The summed E-state index contributed by atoms with van der Waals surface area (Å²) in [7, 11) is 0. The van der Waals surface area contributed by atoms with Crippen LogP contribution in [0.5, 0.6) is 0 Å². The molecule has 0 heteroatoms. The van der Waals surface area contributed by atoms with Crippen molar-refractivity contribution in [1.82, 2.24) is 0 Å². The topological polar surface area (TPSA) is 0 Å². The molecule has 0 amide bonds. The van der Waals surface area contributed by atoms with Crippen molar-refractivity contribution in [1.29, 1.82) is 0 Å². The van der Waals surface area contributed by atoms with E-state index in [2.05, 4.69) is 55.5 Å². The second-order valence-electron chi connectivity index (χ2n) is 4.68. The molecule has 0 radical (unpaired) electrons. The molecule has 0 fully saturated rings. The van der Waals surface area contributed by atoms with Crippen LogP contribution < -0.4 is 0 Å². The summed E-state index contributed by atoms with van der Waals surface area (Å²) in [4.78, 5) is 0. The number of hydrogen-bond acceptors (Lipinski definition) is 0. The predicted octanol–water partition coefficient (Wildman–Crippen LogP) is 3.85. The highest BCUT2D eigenvalue weighted by atomic mass is 14.2. The summed E-state index contributed by atoms with van der Waals surface area (Å²) in [5, 5.41) is 0. The second-order valence-corrected chi connectivity index (χ2v) is 4.68. The Balaban J connectivity index is 1.95. The number of rotatable bonds is 2. The molecule has 0 saturated heterocycles. The van der Waals surface area contributed by atoms with Gasteiger partial charge in [0.05, 0.1) is 0 Å². The summed E-state index contributed by atoms with van der Waals surface area (Å²) in [6.45, 7) is 2.21. The minimum atomic E-state index is 0.598. The van der Waals surface area contributed by atoms with Gasteiger partial charge in [0.2, 0.25) is 0 Å². The molecule has 0 atom stereocenters. The first kappa shape index (κ1) is 9.65. The van der Waals surface area contributed by atoms with Crippen molar-refractivity contribution < 1.29 is 0 Å². The van der Waals surface area contributed by atoms with E-state index >= 15 is 0 Å². The average molecular weight is 208 g/mol. The summed E-state index contributed by atoms with van der Waals surface area (Å²) < 4.78 is 0. The van der Waals surface area contributed by atoms with E-state index in [0.717, 1.165) is 12.8 Å². The smallest absolute Gasteiger partial charge is 0.000661 e. The molecule has 2 aliphatic rings. The van der Waals surface area contributed by atoms with E-state index < -0.39 is 0 Å². The molecule has 0 saturated carbocycles. The van der Waals surface area contributed by atoms with Crippen LogP contribution in [-0.2, 0) is 12.8 Å². The normalized spacial score (nSPS) is 17.3. The number of fused-ring (bicyclic) bond motifs is 1. The van der Waals surface area contributed by atoms with E-state index in [1.54, 1.807) is 0 Å². The highest BCUT2D eigenvalue weighted by Gasteiger charge is 2.14. The van der Waals surface area contributed by atoms with Crippen molar-refractivity contribution in [3.63, 3.8) is 0 Å². The lowest BCUT2D eigenvalue weighted by molar-refractivity contribution is 0.813. The van der Waals surface area contributed by atoms with Crippen LogP contribution in [0.1, 0.15) is 22.3 Å². The summed E-state index contributed by atoms with van der Waals surface area (Å²) in [6.07, 6.45) is 15.7. The Hall–Kier alpha value is -1.56. The minimum Gasteiger partial charge on any atom is -0.0795 e. The largest absolute Gasteiger partial charge is 0.0795 e. The van der Waals surface area contributed by atoms with Crippen molar-refractivity contribution in [3.05, 3.63) is 64.8 Å². The molecular weight excluding hydrogens is 192 g/mol. The van der Waals surface area contributed by atoms with E-state index in [9.17, 15) is 0 Å². The third-order valence-electron chi connectivity index (χ3n) is 3.57. The van der Waals surface area contributed by atoms with Crippen LogP contribution in [0.2, 0.25) is 0 Å². The maximum absolute atomic E-state index is 2.30. The van der Waals surface area contributed by atoms with E-state index in [0.29, 0.717) is 5.92 Å². The van der Waals surface area contributed by atoms with Gasteiger partial charge in [-0.1, -0.05) is 48.6 Å². The first-order valence-corrected chi connectivity index (χ1v) is 5.97. The molecule has 80 valence electrons. The third kappa shape index (κ3) is 1.55. The first-order chi connectivity index (χ1) is 7.84. The highest BCUT2D eigenvalue weighted by Crippen LogP contribution is 2.29. The Kier molecular flexibility index (Phi) is 2.28. The first-order valence-electron chi connectivity index (χ1n) is 5.97. The molecular formula is C16H16. The van der Waals surface area contributed by atoms with Crippen molar-refractivity contribution in [2.75, 3.05) is 0 Å². The lowest BCUT2D eigenvalue weighted by Crippen LogP contribution is -2.00. The van der Waals surface area contributed by atoms with Gasteiger partial charge in [0.15, 0.2) is 0 Å². The van der Waals surface area contributed by atoms with E-state index in [4.69, 9.17) is 0 Å². The van der Waals surface area contributed by atoms with Gasteiger partial charge in [0.1, 0.15) is 0 Å². The van der Waals surface area contributed by atoms with Crippen molar-refractivity contribution >= 4 is 6.08 Å². The molecule has 0 bridgehead atoms. The summed E-state index contributed by atoms with van der Waals surface area (Å²) in [6, 6.07) is 4.56. The van der Waals surface area contributed by atoms with Crippen LogP contribution in [0.15, 0.2) is 42.5 Å². The van der Waals surface area contributed by atoms with Gasteiger partial charge in [-0.25, -0.2) is 0 Å². The van der Waals surface area contributed by atoms with E-state index in [-0.39, 0.29) is 0 Å². The fraction of sp³-hybridized carbons (Fsp3) is 0.250. The Morgan fingerprint density at radius 2 is 2.00 bits per heavy atom. The predicted molar refractivity (Wildman–Crippen MR) is 69.4 cm³/mol. The Labute approximate surface area is 97.0 Å². The second kappa shape index (κ2) is 3.79. The molecule has 3 rings (SSSR count). The molecule has 2 aliphatic carbocycles. The summed E-state index contributed by atoms with van der Waals surface area (Å²) >= 11 is 0. The van der Waals surface area contributed by atoms with Gasteiger partial charge in [-0.05, 0) is 47.9 Å². The zero-order valence-electron chi connectivity index (χ0n) is 9.61. The molecule has 16 heavy (non-hydrogen) atoms. The molecule has 0 spiro atoms. The Bertz CT molecular complexity index is 489. The Morgan fingerprint density at radius 3 is 2.81 bits per heavy atom. The van der Waals surface area contributed by atoms with Crippen LogP contribution in [0.25, 0.3) is 6.08 Å². The number of aryl methyl sites for hydroxylation is 1. The van der Waals surface area contributed by atoms with Crippen LogP contribution in [0, 0.1) is 12.8 Å². The molecule has 0 aliphatic heterocycles. The lowest BCUT2D eigenvalue weighted by Gasteiger charge is -2.12. The zero-order valence-corrected chi connectivity index (χ0v) is 9.61. The molecule has 0 nitrogen and oxygen atoms in total. The number of allylic oxidation sites excluding steroid dienone is 5. The standard InChI is InChI=1S/C16H16/c1-12-9-10-14(11-13-5-2-3-6-13)16-8-4-7-15(12)16/h2-6,8-10,13H,7,11H2,1H3. The maximum Gasteiger partial charge on any atom is -0.000661 e. The van der Waals surface area contributed by atoms with Gasteiger partial charge in [0, 0.05) is 0 Å². The minimum absolute atomic E-state index is 0.598. The van der Waals surface area contributed by atoms with E-state index in [1.165, 1.54) is 22.3 Å². The molecule has 1 aromatic rings. The van der Waals surface area contributed by atoms with Crippen LogP contribution in [0.4, 0.5) is 0 Å². The third-order valence-corrected chi connectivity index (χ3v) is 3.57. The van der Waals surface area contributed by atoms with E-state index in [1.807, 2.05) is 0 Å². The van der Waals surface area contributed by atoms with Crippen LogP contribution >= 0.6 is 0 Å². The summed E-state index contributed by atoms with van der Waals surface area (Å²) in [5.74, 6) is 0.598. The van der Waals surface area contributed by atoms with Gasteiger partial charge < -0.3 is 0 Å². The van der Waals surface area contributed by atoms with Gasteiger partial charge in [-0.3, -0.25) is 0 Å². The number of benzene rings is 1. The molecule has 1 aromatic carbocycles. The monoisotopic (exact) mass is 208 g/mol. The summed E-state index contributed by atoms with van der Waals surface area (Å²) in [5.41, 5.74) is 5.94. The SMILES string of the molecule is Cc1ccc(CC2C=CC=C2)c2c1CC=C2. The highest BCUT2D eigenvalue weighted by molar-refractivity contribution is 5.65. The number of hydrogen-bond donors (Lipinski definition) is 0. The van der Waals surface area contributed by atoms with Crippen LogP contribution in [-0.4, -0.2) is 0 Å². The van der Waals surface area contributed by atoms with Gasteiger partial charge >= 0.3 is 0 Å². The van der Waals surface area contributed by atoms with Crippen molar-refractivity contribution in [2.24, 2.45) is 5.92 Å². The van der Waals surface area contributed by atoms with Crippen LogP contribution in [0.3, 0.4) is 0 Å². The van der Waals surface area contributed by atoms with Gasteiger partial charge in [-0.2, -0.15) is 0 Å². The lowest BCUT2D eigenvalue weighted by atomic mass is 9.92. The average Bonchev–Trinajstić information content (AvgIpc) is 2.92. The van der Waals surface area contributed by atoms with Crippen molar-refractivity contribution in [2.45, 2.75) is 19.8 Å². The Morgan fingerprint density at radius 1 is 1.19 bits per heavy atom. The quantitative estimate of drug-likeness (QED) is 0.692. The molecule has 0 N–H and O–H groups in total. The molecule has 0 unspecified atom stereocenters. The van der Waals surface area contributed by atoms with Crippen molar-refractivity contribution in [3.8, 4) is 0 Å². The van der Waals surface area contributed by atoms with Gasteiger partial charge in [-0.15, -0.1) is 0 Å². The zero-order chi connectivity index (χ0) is 11.0. The fourth-order valence-corrected chi connectivity index (χ4v) is 2.64. The molecule has 0 aromatic heterocycles. The molecule has 0 heterocycles. The maximum atomic E-state index is 2.30. The fourth-order valence-electron chi connectivity index (χ4n) is 2.64.